The summed E-state index contributed by atoms with van der Waals surface area (Å²) in [5.74, 6) is -1.12. The number of carbonyl (C=O) groups excluding carboxylic acids is 2. The van der Waals surface area contributed by atoms with E-state index in [1.54, 1.807) is 0 Å². The van der Waals surface area contributed by atoms with Crippen molar-refractivity contribution in [3.8, 4) is 0 Å². The molecule has 0 unspecified atom stereocenters. The molecule has 0 aliphatic rings. The molecule has 0 atom stereocenters. The SMILES string of the molecule is CC(=O)Nc1cc(NC(=O)Cc2ccccc2C)ccc1F. The summed E-state index contributed by atoms with van der Waals surface area (Å²) in [4.78, 5) is 23.1. The van der Waals surface area contributed by atoms with Crippen molar-refractivity contribution in [2.75, 3.05) is 10.6 Å². The van der Waals surface area contributed by atoms with Crippen LogP contribution >= 0.6 is 0 Å². The molecule has 5 heteroatoms. The Morgan fingerprint density at radius 1 is 1.09 bits per heavy atom. The predicted molar refractivity (Wildman–Crippen MR) is 84.2 cm³/mol. The van der Waals surface area contributed by atoms with Gasteiger partial charge in [0.25, 0.3) is 0 Å². The van der Waals surface area contributed by atoms with E-state index in [9.17, 15) is 14.0 Å². The van der Waals surface area contributed by atoms with E-state index in [4.69, 9.17) is 0 Å². The maximum absolute atomic E-state index is 13.5. The highest BCUT2D eigenvalue weighted by Gasteiger charge is 2.09. The number of aryl methyl sites for hydroxylation is 1. The monoisotopic (exact) mass is 300 g/mol. The zero-order valence-corrected chi connectivity index (χ0v) is 12.4. The molecule has 0 fully saturated rings. The van der Waals surface area contributed by atoms with Crippen LogP contribution in [0.15, 0.2) is 42.5 Å². The van der Waals surface area contributed by atoms with Gasteiger partial charge in [0.05, 0.1) is 12.1 Å². The molecule has 0 radical (unpaired) electrons. The third kappa shape index (κ3) is 4.15. The molecule has 0 saturated carbocycles. The first-order chi connectivity index (χ1) is 10.5. The molecular formula is C17H17FN2O2. The van der Waals surface area contributed by atoms with Crippen molar-refractivity contribution in [3.05, 3.63) is 59.4 Å². The second-order valence-corrected chi connectivity index (χ2v) is 5.03. The lowest BCUT2D eigenvalue weighted by molar-refractivity contribution is -0.116. The van der Waals surface area contributed by atoms with E-state index in [0.717, 1.165) is 11.1 Å². The van der Waals surface area contributed by atoms with Crippen LogP contribution in [0.4, 0.5) is 15.8 Å². The van der Waals surface area contributed by atoms with Crippen molar-refractivity contribution in [1.82, 2.24) is 0 Å². The molecule has 0 bridgehead atoms. The van der Waals surface area contributed by atoms with Crippen molar-refractivity contribution < 1.29 is 14.0 Å². The first kappa shape index (κ1) is 15.7. The number of nitrogens with one attached hydrogen (secondary N) is 2. The van der Waals surface area contributed by atoms with Gasteiger partial charge in [-0.15, -0.1) is 0 Å². The Hall–Kier alpha value is -2.69. The molecule has 2 aromatic carbocycles. The number of rotatable bonds is 4. The topological polar surface area (TPSA) is 58.2 Å². The summed E-state index contributed by atoms with van der Waals surface area (Å²) in [6, 6.07) is 11.7. The van der Waals surface area contributed by atoms with E-state index in [2.05, 4.69) is 10.6 Å². The lowest BCUT2D eigenvalue weighted by atomic mass is 10.1. The van der Waals surface area contributed by atoms with Gasteiger partial charge in [-0.2, -0.15) is 0 Å². The average molecular weight is 300 g/mol. The van der Waals surface area contributed by atoms with Crippen LogP contribution in [-0.2, 0) is 16.0 Å². The Balaban J connectivity index is 2.08. The zero-order valence-electron chi connectivity index (χ0n) is 12.4. The van der Waals surface area contributed by atoms with Gasteiger partial charge in [-0.3, -0.25) is 9.59 Å². The third-order valence-electron chi connectivity index (χ3n) is 3.17. The fourth-order valence-corrected chi connectivity index (χ4v) is 2.08. The predicted octanol–water partition coefficient (Wildman–Crippen LogP) is 3.27. The van der Waals surface area contributed by atoms with E-state index in [1.807, 2.05) is 31.2 Å². The van der Waals surface area contributed by atoms with Crippen LogP contribution in [0.25, 0.3) is 0 Å². The molecule has 0 saturated heterocycles. The van der Waals surface area contributed by atoms with E-state index in [-0.39, 0.29) is 23.9 Å². The smallest absolute Gasteiger partial charge is 0.228 e. The van der Waals surface area contributed by atoms with Gasteiger partial charge in [-0.1, -0.05) is 24.3 Å². The molecule has 22 heavy (non-hydrogen) atoms. The standard InChI is InChI=1S/C17H17FN2O2/c1-11-5-3-4-6-13(11)9-17(22)20-14-7-8-15(18)16(10-14)19-12(2)21/h3-8,10H,9H2,1-2H3,(H,19,21)(H,20,22). The van der Waals surface area contributed by atoms with Crippen LogP contribution in [0.1, 0.15) is 18.1 Å². The Labute approximate surface area is 128 Å². The Bertz CT molecular complexity index is 714. The summed E-state index contributed by atoms with van der Waals surface area (Å²) in [5.41, 5.74) is 2.45. The average Bonchev–Trinajstić information content (AvgIpc) is 2.44. The molecule has 0 aliphatic carbocycles. The van der Waals surface area contributed by atoms with Crippen LogP contribution in [0.5, 0.6) is 0 Å². The molecular weight excluding hydrogens is 283 g/mol. The quantitative estimate of drug-likeness (QED) is 0.910. The minimum absolute atomic E-state index is 0.0428. The maximum atomic E-state index is 13.5. The fraction of sp³-hybridized carbons (Fsp3) is 0.176. The second kappa shape index (κ2) is 6.85. The van der Waals surface area contributed by atoms with E-state index < -0.39 is 5.82 Å². The highest BCUT2D eigenvalue weighted by molar-refractivity contribution is 5.94. The number of hydrogen-bond acceptors (Lipinski definition) is 2. The lowest BCUT2D eigenvalue weighted by Gasteiger charge is -2.10. The highest BCUT2D eigenvalue weighted by atomic mass is 19.1. The summed E-state index contributed by atoms with van der Waals surface area (Å²) in [7, 11) is 0. The summed E-state index contributed by atoms with van der Waals surface area (Å²) in [6.07, 6.45) is 0.236. The van der Waals surface area contributed by atoms with E-state index in [0.29, 0.717) is 5.69 Å². The third-order valence-corrected chi connectivity index (χ3v) is 3.17. The number of benzene rings is 2. The highest BCUT2D eigenvalue weighted by Crippen LogP contribution is 2.20. The first-order valence-electron chi connectivity index (χ1n) is 6.87. The van der Waals surface area contributed by atoms with Gasteiger partial charge < -0.3 is 10.6 Å². The van der Waals surface area contributed by atoms with Gasteiger partial charge in [0, 0.05) is 12.6 Å². The van der Waals surface area contributed by atoms with Crippen molar-refractivity contribution in [3.63, 3.8) is 0 Å². The van der Waals surface area contributed by atoms with Crippen LogP contribution in [0.3, 0.4) is 0 Å². The zero-order chi connectivity index (χ0) is 16.1. The summed E-state index contributed by atoms with van der Waals surface area (Å²) in [5, 5.41) is 5.08. The molecule has 2 N–H and O–H groups in total. The molecule has 0 spiro atoms. The molecule has 4 nitrogen and oxygen atoms in total. The van der Waals surface area contributed by atoms with Gasteiger partial charge in [0.1, 0.15) is 5.82 Å². The summed E-state index contributed by atoms with van der Waals surface area (Å²) >= 11 is 0. The van der Waals surface area contributed by atoms with Gasteiger partial charge in [-0.25, -0.2) is 4.39 Å². The fourth-order valence-electron chi connectivity index (χ4n) is 2.08. The normalized spacial score (nSPS) is 10.1. The Morgan fingerprint density at radius 2 is 1.82 bits per heavy atom. The second-order valence-electron chi connectivity index (χ2n) is 5.03. The molecule has 2 amide bonds. The van der Waals surface area contributed by atoms with Crippen molar-refractivity contribution in [2.24, 2.45) is 0 Å². The lowest BCUT2D eigenvalue weighted by Crippen LogP contribution is -2.15. The molecule has 114 valence electrons. The number of amides is 2. The van der Waals surface area contributed by atoms with Crippen LogP contribution < -0.4 is 10.6 Å². The number of halogens is 1. The van der Waals surface area contributed by atoms with Gasteiger partial charge in [0.15, 0.2) is 0 Å². The number of anilines is 2. The van der Waals surface area contributed by atoms with E-state index in [1.165, 1.54) is 25.1 Å². The van der Waals surface area contributed by atoms with Crippen LogP contribution in [0.2, 0.25) is 0 Å². The minimum atomic E-state index is -0.549. The maximum Gasteiger partial charge on any atom is 0.228 e. The largest absolute Gasteiger partial charge is 0.326 e. The van der Waals surface area contributed by atoms with E-state index >= 15 is 0 Å². The van der Waals surface area contributed by atoms with Crippen LogP contribution in [-0.4, -0.2) is 11.8 Å². The summed E-state index contributed by atoms with van der Waals surface area (Å²) < 4.78 is 13.5. The number of carbonyl (C=O) groups is 2. The molecule has 0 aliphatic heterocycles. The van der Waals surface area contributed by atoms with Crippen molar-refractivity contribution in [2.45, 2.75) is 20.3 Å². The Kier molecular flexibility index (Phi) is 4.88. The minimum Gasteiger partial charge on any atom is -0.326 e. The van der Waals surface area contributed by atoms with Gasteiger partial charge in [-0.05, 0) is 36.2 Å². The van der Waals surface area contributed by atoms with Crippen LogP contribution in [0, 0.1) is 12.7 Å². The van der Waals surface area contributed by atoms with Crippen molar-refractivity contribution >= 4 is 23.2 Å². The molecule has 0 aromatic heterocycles. The van der Waals surface area contributed by atoms with Gasteiger partial charge in [0.2, 0.25) is 11.8 Å². The molecule has 2 aromatic rings. The summed E-state index contributed by atoms with van der Waals surface area (Å²) in [6.45, 7) is 3.23. The Morgan fingerprint density at radius 3 is 2.50 bits per heavy atom. The number of hydrogen-bond donors (Lipinski definition) is 2. The molecule has 2 rings (SSSR count). The molecule has 0 heterocycles. The first-order valence-corrected chi connectivity index (χ1v) is 6.87. The van der Waals surface area contributed by atoms with Crippen molar-refractivity contribution in [1.29, 1.82) is 0 Å². The van der Waals surface area contributed by atoms with Gasteiger partial charge >= 0.3 is 0 Å².